The Hall–Kier alpha value is -5.08. The predicted octanol–water partition coefficient (Wildman–Crippen LogP) is 16.1. The molecule has 0 radical (unpaired) electrons. The standard InChI is InChI=1S/C51H58N2/c1-5-9-19-41(18-8-4)43-26-34-49(35-27-43)53(47-22-14-11-15-23-47)51-38-30-45(31-39-51)44-28-36-50(37-29-44)52(46-20-12-10-13-21-46)48-32-24-42(25-33-48)40(16-6-2)17-7-3/h10-15,20-41H,5-9,16-19H2,1-4H3. The Balaban J connectivity index is 1.26. The van der Waals surface area contributed by atoms with Gasteiger partial charge in [0.2, 0.25) is 0 Å². The minimum absolute atomic E-state index is 0.633. The molecule has 0 spiro atoms. The van der Waals surface area contributed by atoms with Gasteiger partial charge in [-0.2, -0.15) is 0 Å². The molecule has 6 rings (SSSR count). The van der Waals surface area contributed by atoms with Crippen molar-refractivity contribution in [2.75, 3.05) is 9.80 Å². The molecule has 0 saturated carbocycles. The minimum atomic E-state index is 0.633. The van der Waals surface area contributed by atoms with E-state index in [2.05, 4.69) is 195 Å². The summed E-state index contributed by atoms with van der Waals surface area (Å²) in [7, 11) is 0. The molecule has 0 heterocycles. The molecule has 0 amide bonds. The Morgan fingerprint density at radius 3 is 0.943 bits per heavy atom. The van der Waals surface area contributed by atoms with E-state index in [1.165, 1.54) is 91.4 Å². The molecule has 0 aliphatic carbocycles. The van der Waals surface area contributed by atoms with Crippen molar-refractivity contribution < 1.29 is 0 Å². The van der Waals surface area contributed by atoms with Gasteiger partial charge in [-0.15, -0.1) is 0 Å². The lowest BCUT2D eigenvalue weighted by atomic mass is 9.89. The maximum Gasteiger partial charge on any atom is 0.0462 e. The van der Waals surface area contributed by atoms with E-state index in [-0.39, 0.29) is 0 Å². The van der Waals surface area contributed by atoms with Crippen molar-refractivity contribution in [3.05, 3.63) is 169 Å². The highest BCUT2D eigenvalue weighted by Crippen LogP contribution is 2.39. The van der Waals surface area contributed by atoms with Gasteiger partial charge in [0.15, 0.2) is 0 Å². The molecule has 53 heavy (non-hydrogen) atoms. The minimum Gasteiger partial charge on any atom is -0.311 e. The van der Waals surface area contributed by atoms with E-state index < -0.39 is 0 Å². The van der Waals surface area contributed by atoms with Crippen LogP contribution in [-0.4, -0.2) is 0 Å². The van der Waals surface area contributed by atoms with Crippen LogP contribution >= 0.6 is 0 Å². The summed E-state index contributed by atoms with van der Waals surface area (Å²) in [6, 6.07) is 58.1. The van der Waals surface area contributed by atoms with Gasteiger partial charge in [-0.25, -0.2) is 0 Å². The van der Waals surface area contributed by atoms with Gasteiger partial charge in [-0.1, -0.05) is 145 Å². The van der Waals surface area contributed by atoms with Gasteiger partial charge in [0.1, 0.15) is 0 Å². The van der Waals surface area contributed by atoms with Gasteiger partial charge in [0, 0.05) is 34.1 Å². The van der Waals surface area contributed by atoms with Crippen LogP contribution in [0, 0.1) is 0 Å². The summed E-state index contributed by atoms with van der Waals surface area (Å²) in [6.45, 7) is 9.18. The number of anilines is 6. The van der Waals surface area contributed by atoms with E-state index in [1.807, 2.05) is 0 Å². The smallest absolute Gasteiger partial charge is 0.0462 e. The lowest BCUT2D eigenvalue weighted by Gasteiger charge is -2.27. The number of benzene rings is 6. The highest BCUT2D eigenvalue weighted by Gasteiger charge is 2.17. The molecule has 6 aromatic rings. The molecular formula is C51H58N2. The molecule has 2 nitrogen and oxygen atoms in total. The zero-order valence-corrected chi connectivity index (χ0v) is 32.4. The Morgan fingerprint density at radius 2 is 0.623 bits per heavy atom. The number of hydrogen-bond acceptors (Lipinski definition) is 2. The highest BCUT2D eigenvalue weighted by molar-refractivity contribution is 5.80. The van der Waals surface area contributed by atoms with E-state index in [1.54, 1.807) is 0 Å². The summed E-state index contributed by atoms with van der Waals surface area (Å²) >= 11 is 0. The molecule has 1 atom stereocenters. The van der Waals surface area contributed by atoms with Gasteiger partial charge >= 0.3 is 0 Å². The molecule has 0 bridgehead atoms. The summed E-state index contributed by atoms with van der Waals surface area (Å²) in [6.07, 6.45) is 11.2. The third-order valence-electron chi connectivity index (χ3n) is 10.7. The van der Waals surface area contributed by atoms with Crippen LogP contribution in [0.2, 0.25) is 0 Å². The number of unbranched alkanes of at least 4 members (excludes halogenated alkanes) is 1. The molecule has 0 N–H and O–H groups in total. The van der Waals surface area contributed by atoms with Crippen LogP contribution in [0.15, 0.2) is 158 Å². The summed E-state index contributed by atoms with van der Waals surface area (Å²) in [5.74, 6) is 1.27. The number of nitrogens with zero attached hydrogens (tertiary/aromatic N) is 2. The van der Waals surface area contributed by atoms with Gasteiger partial charge < -0.3 is 9.80 Å². The first kappa shape index (κ1) is 37.7. The zero-order chi connectivity index (χ0) is 36.8. The molecule has 272 valence electrons. The summed E-state index contributed by atoms with van der Waals surface area (Å²) in [4.78, 5) is 4.73. The van der Waals surface area contributed by atoms with Crippen LogP contribution in [0.4, 0.5) is 34.1 Å². The van der Waals surface area contributed by atoms with E-state index in [9.17, 15) is 0 Å². The molecule has 0 aliphatic rings. The van der Waals surface area contributed by atoms with Crippen molar-refractivity contribution >= 4 is 34.1 Å². The molecular weight excluding hydrogens is 641 g/mol. The normalized spacial score (nSPS) is 11.8. The summed E-state index contributed by atoms with van der Waals surface area (Å²) in [5, 5.41) is 0. The summed E-state index contributed by atoms with van der Waals surface area (Å²) in [5.41, 5.74) is 12.3. The molecule has 0 aromatic heterocycles. The molecule has 0 saturated heterocycles. The van der Waals surface area contributed by atoms with Crippen LogP contribution in [-0.2, 0) is 0 Å². The number of hydrogen-bond donors (Lipinski definition) is 0. The van der Waals surface area contributed by atoms with E-state index in [4.69, 9.17) is 0 Å². The first-order chi connectivity index (χ1) is 26.1. The Kier molecular flexibility index (Phi) is 13.6. The first-order valence-electron chi connectivity index (χ1n) is 20.2. The largest absolute Gasteiger partial charge is 0.311 e. The van der Waals surface area contributed by atoms with Crippen molar-refractivity contribution in [1.29, 1.82) is 0 Å². The average molecular weight is 699 g/mol. The number of para-hydroxylation sites is 2. The Morgan fingerprint density at radius 1 is 0.321 bits per heavy atom. The van der Waals surface area contributed by atoms with Crippen molar-refractivity contribution in [2.45, 2.75) is 97.3 Å². The maximum atomic E-state index is 2.37. The summed E-state index contributed by atoms with van der Waals surface area (Å²) < 4.78 is 0. The first-order valence-corrected chi connectivity index (χ1v) is 20.2. The molecule has 2 heteroatoms. The third kappa shape index (κ3) is 9.48. The van der Waals surface area contributed by atoms with Gasteiger partial charge in [-0.3, -0.25) is 0 Å². The average Bonchev–Trinajstić information content (AvgIpc) is 3.22. The second kappa shape index (κ2) is 19.1. The third-order valence-corrected chi connectivity index (χ3v) is 10.7. The molecule has 1 unspecified atom stereocenters. The Labute approximate surface area is 320 Å². The molecule has 0 aliphatic heterocycles. The van der Waals surface area contributed by atoms with E-state index >= 15 is 0 Å². The lowest BCUT2D eigenvalue weighted by Crippen LogP contribution is -2.10. The van der Waals surface area contributed by atoms with Crippen LogP contribution in [0.1, 0.15) is 108 Å². The fourth-order valence-electron chi connectivity index (χ4n) is 7.90. The van der Waals surface area contributed by atoms with E-state index in [0.29, 0.717) is 11.8 Å². The highest BCUT2D eigenvalue weighted by atomic mass is 15.1. The number of rotatable bonds is 18. The van der Waals surface area contributed by atoms with Crippen LogP contribution in [0.5, 0.6) is 0 Å². The molecule has 0 fully saturated rings. The monoisotopic (exact) mass is 698 g/mol. The van der Waals surface area contributed by atoms with Crippen LogP contribution < -0.4 is 9.80 Å². The predicted molar refractivity (Wildman–Crippen MR) is 231 cm³/mol. The van der Waals surface area contributed by atoms with Crippen LogP contribution in [0.25, 0.3) is 11.1 Å². The lowest BCUT2D eigenvalue weighted by molar-refractivity contribution is 0.541. The van der Waals surface area contributed by atoms with Gasteiger partial charge in [0.05, 0.1) is 0 Å². The van der Waals surface area contributed by atoms with Crippen molar-refractivity contribution in [1.82, 2.24) is 0 Å². The SMILES string of the molecule is CCCCC(CCC)c1ccc(N(c2ccccc2)c2ccc(-c3ccc(N(c4ccccc4)c4ccc(C(CCC)CCC)cc4)cc3)cc2)cc1. The van der Waals surface area contributed by atoms with E-state index in [0.717, 1.165) is 22.7 Å². The zero-order valence-electron chi connectivity index (χ0n) is 32.4. The maximum absolute atomic E-state index is 2.37. The van der Waals surface area contributed by atoms with Gasteiger partial charge in [0.25, 0.3) is 0 Å². The fourth-order valence-corrected chi connectivity index (χ4v) is 7.90. The quantitative estimate of drug-likeness (QED) is 0.0881. The second-order valence-electron chi connectivity index (χ2n) is 14.5. The second-order valence-corrected chi connectivity index (χ2v) is 14.5. The van der Waals surface area contributed by atoms with Gasteiger partial charge in [-0.05, 0) is 133 Å². The fraction of sp³-hybridized carbons (Fsp3) is 0.294. The Bertz CT molecular complexity index is 1910. The molecule has 6 aromatic carbocycles. The topological polar surface area (TPSA) is 6.48 Å². The van der Waals surface area contributed by atoms with Crippen molar-refractivity contribution in [3.63, 3.8) is 0 Å². The van der Waals surface area contributed by atoms with Crippen LogP contribution in [0.3, 0.4) is 0 Å². The van der Waals surface area contributed by atoms with Crippen molar-refractivity contribution in [3.8, 4) is 11.1 Å². The van der Waals surface area contributed by atoms with Crippen molar-refractivity contribution in [2.24, 2.45) is 0 Å².